The van der Waals surface area contributed by atoms with Crippen LogP contribution in [0.1, 0.15) is 12.8 Å². The van der Waals surface area contributed by atoms with E-state index in [1.807, 2.05) is 0 Å². The second-order valence-corrected chi connectivity index (χ2v) is 9.11. The molecule has 0 bridgehead atoms. The van der Waals surface area contributed by atoms with Gasteiger partial charge < -0.3 is 20.1 Å². The third-order valence-electron chi connectivity index (χ3n) is 3.96. The number of hydrogen-bond acceptors (Lipinski definition) is 6. The van der Waals surface area contributed by atoms with E-state index in [0.717, 1.165) is 26.0 Å². The molecule has 1 saturated heterocycles. The van der Waals surface area contributed by atoms with Crippen LogP contribution in [0.15, 0.2) is 26.7 Å². The van der Waals surface area contributed by atoms with E-state index in [1.54, 1.807) is 31.6 Å². The van der Waals surface area contributed by atoms with Crippen molar-refractivity contribution in [2.24, 2.45) is 4.99 Å². The summed E-state index contributed by atoms with van der Waals surface area (Å²) in [7, 11) is -0.139. The lowest BCUT2D eigenvalue weighted by molar-refractivity contribution is 0.0420. The SMILES string of the molecule is CN=C(NCCCOC1CCOC1)NCCN(C)S(=O)(=O)c1cccs1.I. The van der Waals surface area contributed by atoms with Crippen molar-refractivity contribution >= 4 is 51.3 Å². The summed E-state index contributed by atoms with van der Waals surface area (Å²) in [5, 5.41) is 8.08. The van der Waals surface area contributed by atoms with Gasteiger partial charge in [-0.2, -0.15) is 4.31 Å². The molecule has 0 aliphatic carbocycles. The zero-order chi connectivity index (χ0) is 18.8. The molecular formula is C16H29IN4O4S2. The largest absolute Gasteiger partial charge is 0.379 e. The maximum atomic E-state index is 12.3. The minimum absolute atomic E-state index is 0. The third-order valence-corrected chi connectivity index (χ3v) is 7.19. The number of sulfonamides is 1. The number of thiophene rings is 1. The van der Waals surface area contributed by atoms with Crippen LogP contribution in [-0.2, 0) is 19.5 Å². The first-order chi connectivity index (χ1) is 12.5. The summed E-state index contributed by atoms with van der Waals surface area (Å²) in [5.74, 6) is 0.649. The number of aliphatic imine (C=N–C) groups is 1. The summed E-state index contributed by atoms with van der Waals surface area (Å²) in [6.07, 6.45) is 2.07. The van der Waals surface area contributed by atoms with Crippen molar-refractivity contribution in [2.75, 3.05) is 53.6 Å². The molecule has 156 valence electrons. The summed E-state index contributed by atoms with van der Waals surface area (Å²) in [6.45, 7) is 3.72. The van der Waals surface area contributed by atoms with E-state index in [0.29, 0.717) is 36.5 Å². The number of ether oxygens (including phenoxy) is 2. The monoisotopic (exact) mass is 532 g/mol. The number of nitrogens with zero attached hydrogens (tertiary/aromatic N) is 2. The summed E-state index contributed by atoms with van der Waals surface area (Å²) in [6, 6.07) is 3.35. The summed E-state index contributed by atoms with van der Waals surface area (Å²) >= 11 is 1.22. The molecule has 0 spiro atoms. The highest BCUT2D eigenvalue weighted by atomic mass is 127. The van der Waals surface area contributed by atoms with E-state index in [1.165, 1.54) is 15.6 Å². The van der Waals surface area contributed by atoms with Crippen LogP contribution >= 0.6 is 35.3 Å². The third kappa shape index (κ3) is 8.20. The molecule has 0 amide bonds. The van der Waals surface area contributed by atoms with Crippen molar-refractivity contribution in [3.05, 3.63) is 17.5 Å². The predicted molar refractivity (Wildman–Crippen MR) is 119 cm³/mol. The normalized spacial score (nSPS) is 17.7. The van der Waals surface area contributed by atoms with Crippen LogP contribution in [0.2, 0.25) is 0 Å². The standard InChI is InChI=1S/C16H28N4O4S2.HI/c1-17-16(18-7-4-10-24-14-6-11-23-13-14)19-8-9-20(2)26(21,22)15-5-3-12-25-15;/h3,5,12,14H,4,6-11,13H2,1-2H3,(H2,17,18,19);1H. The van der Waals surface area contributed by atoms with Gasteiger partial charge in [0.15, 0.2) is 5.96 Å². The van der Waals surface area contributed by atoms with Crippen LogP contribution in [0.25, 0.3) is 0 Å². The van der Waals surface area contributed by atoms with Crippen molar-refractivity contribution in [3.63, 3.8) is 0 Å². The first-order valence-corrected chi connectivity index (χ1v) is 11.0. The van der Waals surface area contributed by atoms with Gasteiger partial charge in [-0.05, 0) is 24.3 Å². The Morgan fingerprint density at radius 1 is 1.44 bits per heavy atom. The van der Waals surface area contributed by atoms with Crippen LogP contribution in [0, 0.1) is 0 Å². The van der Waals surface area contributed by atoms with Gasteiger partial charge in [-0.15, -0.1) is 35.3 Å². The van der Waals surface area contributed by atoms with Crippen molar-refractivity contribution in [2.45, 2.75) is 23.2 Å². The van der Waals surface area contributed by atoms with E-state index in [4.69, 9.17) is 9.47 Å². The van der Waals surface area contributed by atoms with Gasteiger partial charge in [-0.3, -0.25) is 4.99 Å². The lowest BCUT2D eigenvalue weighted by Crippen LogP contribution is -2.42. The van der Waals surface area contributed by atoms with Crippen LogP contribution in [0.4, 0.5) is 0 Å². The zero-order valence-electron chi connectivity index (χ0n) is 15.7. The molecule has 1 aromatic heterocycles. The molecule has 27 heavy (non-hydrogen) atoms. The fourth-order valence-corrected chi connectivity index (χ4v) is 4.78. The Labute approximate surface area is 182 Å². The minimum Gasteiger partial charge on any atom is -0.379 e. The average Bonchev–Trinajstić information content (AvgIpc) is 3.33. The van der Waals surface area contributed by atoms with Gasteiger partial charge in [-0.1, -0.05) is 6.07 Å². The van der Waals surface area contributed by atoms with Crippen LogP contribution < -0.4 is 10.6 Å². The summed E-state index contributed by atoms with van der Waals surface area (Å²) in [4.78, 5) is 4.14. The average molecular weight is 532 g/mol. The number of rotatable bonds is 10. The van der Waals surface area contributed by atoms with Gasteiger partial charge in [0.2, 0.25) is 0 Å². The second-order valence-electron chi connectivity index (χ2n) is 5.89. The quantitative estimate of drug-likeness (QED) is 0.205. The molecule has 1 aliphatic rings. The zero-order valence-corrected chi connectivity index (χ0v) is 19.7. The molecule has 0 saturated carbocycles. The lowest BCUT2D eigenvalue weighted by Gasteiger charge is -2.18. The Balaban J connectivity index is 0.00000364. The van der Waals surface area contributed by atoms with E-state index >= 15 is 0 Å². The van der Waals surface area contributed by atoms with E-state index in [-0.39, 0.29) is 30.1 Å². The highest BCUT2D eigenvalue weighted by molar-refractivity contribution is 14.0. The van der Waals surface area contributed by atoms with Gasteiger partial charge in [0, 0.05) is 46.9 Å². The molecule has 2 heterocycles. The van der Waals surface area contributed by atoms with Gasteiger partial charge >= 0.3 is 0 Å². The molecule has 1 unspecified atom stereocenters. The van der Waals surface area contributed by atoms with E-state index in [9.17, 15) is 8.42 Å². The number of nitrogens with one attached hydrogen (secondary N) is 2. The molecule has 1 aromatic rings. The first-order valence-electron chi connectivity index (χ1n) is 8.67. The topological polar surface area (TPSA) is 92.3 Å². The highest BCUT2D eigenvalue weighted by Gasteiger charge is 2.21. The molecule has 8 nitrogen and oxygen atoms in total. The second kappa shape index (κ2) is 12.9. The predicted octanol–water partition coefficient (Wildman–Crippen LogP) is 1.35. The minimum atomic E-state index is -3.41. The molecule has 1 atom stereocenters. The van der Waals surface area contributed by atoms with E-state index in [2.05, 4.69) is 15.6 Å². The van der Waals surface area contributed by atoms with Crippen LogP contribution in [-0.4, -0.2) is 78.3 Å². The Hall–Kier alpha value is -0.470. The van der Waals surface area contributed by atoms with Crippen molar-refractivity contribution in [1.82, 2.24) is 14.9 Å². The number of halogens is 1. The maximum Gasteiger partial charge on any atom is 0.252 e. The Morgan fingerprint density at radius 3 is 2.85 bits per heavy atom. The van der Waals surface area contributed by atoms with Crippen LogP contribution in [0.5, 0.6) is 0 Å². The summed E-state index contributed by atoms with van der Waals surface area (Å²) < 4.78 is 37.3. The molecular weight excluding hydrogens is 503 g/mol. The lowest BCUT2D eigenvalue weighted by atomic mass is 10.3. The van der Waals surface area contributed by atoms with Gasteiger partial charge in [0.05, 0.1) is 12.7 Å². The molecule has 2 N–H and O–H groups in total. The number of guanidine groups is 1. The molecule has 1 aliphatic heterocycles. The Kier molecular flexibility index (Phi) is 11.7. The maximum absolute atomic E-state index is 12.3. The van der Waals surface area contributed by atoms with Crippen molar-refractivity contribution in [1.29, 1.82) is 0 Å². The Bertz CT molecular complexity index is 649. The van der Waals surface area contributed by atoms with Gasteiger partial charge in [-0.25, -0.2) is 8.42 Å². The molecule has 0 aromatic carbocycles. The molecule has 0 radical (unpaired) electrons. The Morgan fingerprint density at radius 2 is 2.22 bits per heavy atom. The van der Waals surface area contributed by atoms with Crippen LogP contribution in [0.3, 0.4) is 0 Å². The number of hydrogen-bond donors (Lipinski definition) is 2. The highest BCUT2D eigenvalue weighted by Crippen LogP contribution is 2.19. The van der Waals surface area contributed by atoms with Gasteiger partial charge in [0.1, 0.15) is 4.21 Å². The van der Waals surface area contributed by atoms with Gasteiger partial charge in [0.25, 0.3) is 10.0 Å². The molecule has 11 heteroatoms. The van der Waals surface area contributed by atoms with Crippen molar-refractivity contribution < 1.29 is 17.9 Å². The van der Waals surface area contributed by atoms with Crippen molar-refractivity contribution in [3.8, 4) is 0 Å². The number of likely N-dealkylation sites (N-methyl/N-ethyl adjacent to an activating group) is 1. The summed E-state index contributed by atoms with van der Waals surface area (Å²) in [5.41, 5.74) is 0. The molecule has 2 rings (SSSR count). The smallest absolute Gasteiger partial charge is 0.252 e. The molecule has 1 fully saturated rings. The van der Waals surface area contributed by atoms with E-state index < -0.39 is 10.0 Å². The fourth-order valence-electron chi connectivity index (χ4n) is 2.41. The first kappa shape index (κ1) is 24.6. The fraction of sp³-hybridized carbons (Fsp3) is 0.688.